The fourth-order valence-electron chi connectivity index (χ4n) is 2.96. The number of methoxy groups -OCH3 is 1. The molecule has 0 bridgehead atoms. The third-order valence-corrected chi connectivity index (χ3v) is 5.83. The minimum atomic E-state index is -3.82. The van der Waals surface area contributed by atoms with E-state index in [1.165, 1.54) is 25.3 Å². The number of sulfonamides is 1. The van der Waals surface area contributed by atoms with E-state index in [0.717, 1.165) is 16.7 Å². The number of hydrogen-bond donors (Lipinski definition) is 2. The molecule has 1 unspecified atom stereocenters. The Morgan fingerprint density at radius 2 is 1.85 bits per heavy atom. The predicted molar refractivity (Wildman–Crippen MR) is 106 cm³/mol. The normalized spacial score (nSPS) is 12.5. The number of nitrogens with one attached hydrogen (secondary N) is 2. The van der Waals surface area contributed by atoms with Crippen LogP contribution in [0.3, 0.4) is 0 Å². The summed E-state index contributed by atoms with van der Waals surface area (Å²) in [5.41, 5.74) is 3.22. The summed E-state index contributed by atoms with van der Waals surface area (Å²) in [4.78, 5) is 12.2. The highest BCUT2D eigenvalue weighted by Crippen LogP contribution is 2.25. The van der Waals surface area contributed by atoms with Crippen LogP contribution in [-0.4, -0.2) is 28.0 Å². The van der Waals surface area contributed by atoms with E-state index in [2.05, 4.69) is 10.0 Å². The summed E-state index contributed by atoms with van der Waals surface area (Å²) in [6.07, 6.45) is 0. The summed E-state index contributed by atoms with van der Waals surface area (Å²) in [7, 11) is -2.38. The van der Waals surface area contributed by atoms with Gasteiger partial charge in [0.15, 0.2) is 0 Å². The molecule has 0 fully saturated rings. The highest BCUT2D eigenvalue weighted by Gasteiger charge is 2.22. The van der Waals surface area contributed by atoms with Crippen molar-refractivity contribution in [1.29, 1.82) is 0 Å². The van der Waals surface area contributed by atoms with Crippen molar-refractivity contribution in [3.8, 4) is 5.75 Å². The average Bonchev–Trinajstić information content (AvgIpc) is 2.60. The topological polar surface area (TPSA) is 84.5 Å². The van der Waals surface area contributed by atoms with Crippen LogP contribution in [0.5, 0.6) is 5.75 Å². The molecule has 0 aliphatic rings. The van der Waals surface area contributed by atoms with Gasteiger partial charge in [0.1, 0.15) is 5.75 Å². The fraction of sp³-hybridized carbons (Fsp3) is 0.350. The van der Waals surface area contributed by atoms with Gasteiger partial charge in [0, 0.05) is 12.6 Å². The molecule has 0 saturated heterocycles. The SMILES string of the molecule is CCNC(=O)c1cc(S(=O)(=O)NC(C)c2ccc(C)cc2C)ccc1OC. The Balaban J connectivity index is 2.35. The summed E-state index contributed by atoms with van der Waals surface area (Å²) in [5.74, 6) is -0.0591. The maximum Gasteiger partial charge on any atom is 0.255 e. The van der Waals surface area contributed by atoms with E-state index in [1.54, 1.807) is 13.8 Å². The van der Waals surface area contributed by atoms with Crippen molar-refractivity contribution in [3.05, 3.63) is 58.7 Å². The molecule has 2 aromatic carbocycles. The van der Waals surface area contributed by atoms with Crippen LogP contribution in [0.2, 0.25) is 0 Å². The molecule has 2 aromatic rings. The van der Waals surface area contributed by atoms with E-state index in [4.69, 9.17) is 4.74 Å². The smallest absolute Gasteiger partial charge is 0.255 e. The number of ether oxygens (including phenoxy) is 1. The molecule has 0 saturated carbocycles. The van der Waals surface area contributed by atoms with Crippen LogP contribution < -0.4 is 14.8 Å². The first-order valence-electron chi connectivity index (χ1n) is 8.75. The van der Waals surface area contributed by atoms with Gasteiger partial charge in [0.05, 0.1) is 17.6 Å². The first-order chi connectivity index (χ1) is 12.7. The van der Waals surface area contributed by atoms with Gasteiger partial charge in [0.2, 0.25) is 10.0 Å². The Labute approximate surface area is 161 Å². The number of hydrogen-bond acceptors (Lipinski definition) is 4. The summed E-state index contributed by atoms with van der Waals surface area (Å²) >= 11 is 0. The zero-order chi connectivity index (χ0) is 20.2. The van der Waals surface area contributed by atoms with Crippen molar-refractivity contribution in [3.63, 3.8) is 0 Å². The summed E-state index contributed by atoms with van der Waals surface area (Å²) < 4.78 is 33.6. The highest BCUT2D eigenvalue weighted by atomic mass is 32.2. The molecule has 7 heteroatoms. The van der Waals surface area contributed by atoms with E-state index in [1.807, 2.05) is 32.0 Å². The molecular formula is C20H26N2O4S. The van der Waals surface area contributed by atoms with Gasteiger partial charge in [-0.15, -0.1) is 0 Å². The van der Waals surface area contributed by atoms with Crippen LogP contribution in [0.1, 0.15) is 46.9 Å². The van der Waals surface area contributed by atoms with E-state index in [-0.39, 0.29) is 16.4 Å². The molecule has 146 valence electrons. The van der Waals surface area contributed by atoms with Gasteiger partial charge in [-0.3, -0.25) is 4.79 Å². The van der Waals surface area contributed by atoms with Crippen molar-refractivity contribution in [2.75, 3.05) is 13.7 Å². The van der Waals surface area contributed by atoms with Gasteiger partial charge < -0.3 is 10.1 Å². The van der Waals surface area contributed by atoms with E-state index < -0.39 is 16.1 Å². The predicted octanol–water partition coefficient (Wildman–Crippen LogP) is 3.10. The first-order valence-corrected chi connectivity index (χ1v) is 10.2. The van der Waals surface area contributed by atoms with E-state index in [9.17, 15) is 13.2 Å². The molecule has 0 radical (unpaired) electrons. The Morgan fingerprint density at radius 3 is 2.44 bits per heavy atom. The van der Waals surface area contributed by atoms with Gasteiger partial charge in [0.25, 0.3) is 5.91 Å². The second-order valence-electron chi connectivity index (χ2n) is 6.42. The number of rotatable bonds is 7. The van der Waals surface area contributed by atoms with Crippen molar-refractivity contribution < 1.29 is 17.9 Å². The molecule has 1 amide bonds. The number of amides is 1. The van der Waals surface area contributed by atoms with Crippen LogP contribution in [0.15, 0.2) is 41.3 Å². The van der Waals surface area contributed by atoms with Gasteiger partial charge in [-0.25, -0.2) is 13.1 Å². The Kier molecular flexibility index (Phi) is 6.62. The summed E-state index contributed by atoms with van der Waals surface area (Å²) in [5, 5.41) is 2.66. The second-order valence-corrected chi connectivity index (χ2v) is 8.14. The third kappa shape index (κ3) is 4.87. The van der Waals surface area contributed by atoms with Crippen molar-refractivity contribution >= 4 is 15.9 Å². The van der Waals surface area contributed by atoms with Gasteiger partial charge in [-0.1, -0.05) is 23.8 Å². The van der Waals surface area contributed by atoms with Gasteiger partial charge in [-0.05, 0) is 57.0 Å². The Morgan fingerprint density at radius 1 is 1.15 bits per heavy atom. The monoisotopic (exact) mass is 390 g/mol. The lowest BCUT2D eigenvalue weighted by molar-refractivity contribution is 0.0952. The second kappa shape index (κ2) is 8.54. The highest BCUT2D eigenvalue weighted by molar-refractivity contribution is 7.89. The van der Waals surface area contributed by atoms with Crippen LogP contribution >= 0.6 is 0 Å². The van der Waals surface area contributed by atoms with Crippen LogP contribution in [0.4, 0.5) is 0 Å². The molecule has 1 atom stereocenters. The standard InChI is InChI=1S/C20H26N2O4S/c1-6-21-20(23)18-12-16(8-10-19(18)26-5)27(24,25)22-15(4)17-9-7-13(2)11-14(17)3/h7-12,15,22H,6H2,1-5H3,(H,21,23). The summed E-state index contributed by atoms with van der Waals surface area (Å²) in [6.45, 7) is 7.96. The number of aryl methyl sites for hydroxylation is 2. The van der Waals surface area contributed by atoms with Crippen LogP contribution in [-0.2, 0) is 10.0 Å². The number of carbonyl (C=O) groups is 1. The molecule has 0 spiro atoms. The molecule has 2 rings (SSSR count). The lowest BCUT2D eigenvalue weighted by atomic mass is 10.0. The van der Waals surface area contributed by atoms with Crippen molar-refractivity contribution in [2.45, 2.75) is 38.6 Å². The largest absolute Gasteiger partial charge is 0.496 e. The Bertz CT molecular complexity index is 939. The zero-order valence-electron chi connectivity index (χ0n) is 16.3. The van der Waals surface area contributed by atoms with Crippen LogP contribution in [0.25, 0.3) is 0 Å². The minimum Gasteiger partial charge on any atom is -0.496 e. The maximum atomic E-state index is 12.8. The van der Waals surface area contributed by atoms with Crippen molar-refractivity contribution in [1.82, 2.24) is 10.0 Å². The third-order valence-electron chi connectivity index (χ3n) is 4.29. The zero-order valence-corrected chi connectivity index (χ0v) is 17.1. The Hall–Kier alpha value is -2.38. The molecule has 6 nitrogen and oxygen atoms in total. The average molecular weight is 391 g/mol. The molecule has 0 aliphatic heterocycles. The fourth-order valence-corrected chi connectivity index (χ4v) is 4.21. The van der Waals surface area contributed by atoms with Gasteiger partial charge >= 0.3 is 0 Å². The molecular weight excluding hydrogens is 364 g/mol. The molecule has 0 aromatic heterocycles. The molecule has 27 heavy (non-hydrogen) atoms. The molecule has 0 aliphatic carbocycles. The number of benzene rings is 2. The maximum absolute atomic E-state index is 12.8. The molecule has 2 N–H and O–H groups in total. The van der Waals surface area contributed by atoms with Gasteiger partial charge in [-0.2, -0.15) is 0 Å². The van der Waals surface area contributed by atoms with E-state index >= 15 is 0 Å². The quantitative estimate of drug-likeness (QED) is 0.761. The van der Waals surface area contributed by atoms with Crippen LogP contribution in [0, 0.1) is 13.8 Å². The van der Waals surface area contributed by atoms with Crippen molar-refractivity contribution in [2.24, 2.45) is 0 Å². The minimum absolute atomic E-state index is 0.0150. The lowest BCUT2D eigenvalue weighted by Gasteiger charge is -2.18. The van der Waals surface area contributed by atoms with E-state index in [0.29, 0.717) is 12.3 Å². The summed E-state index contributed by atoms with van der Waals surface area (Å²) in [6, 6.07) is 9.73. The molecule has 0 heterocycles. The lowest BCUT2D eigenvalue weighted by Crippen LogP contribution is -2.28. The number of carbonyl (C=O) groups excluding carboxylic acids is 1. The first kappa shape index (κ1) is 20.9.